The lowest BCUT2D eigenvalue weighted by Crippen LogP contribution is -2.42. The van der Waals surface area contributed by atoms with Crippen molar-refractivity contribution in [3.8, 4) is 0 Å². The Balaban J connectivity index is 1.99. The van der Waals surface area contributed by atoms with Crippen LogP contribution in [-0.4, -0.2) is 34.7 Å². The highest BCUT2D eigenvalue weighted by atomic mass is 16.6. The smallest absolute Gasteiger partial charge is 0.410 e. The quantitative estimate of drug-likeness (QED) is 0.783. The van der Waals surface area contributed by atoms with Gasteiger partial charge in [-0.2, -0.15) is 0 Å². The first kappa shape index (κ1) is 13.9. The van der Waals surface area contributed by atoms with Crippen LogP contribution in [0.5, 0.6) is 0 Å². The van der Waals surface area contributed by atoms with Crippen molar-refractivity contribution in [3.63, 3.8) is 0 Å². The molecule has 1 saturated heterocycles. The van der Waals surface area contributed by atoms with E-state index in [9.17, 15) is 4.79 Å². The van der Waals surface area contributed by atoms with Gasteiger partial charge < -0.3 is 14.1 Å². The third kappa shape index (κ3) is 3.72. The summed E-state index contributed by atoms with van der Waals surface area (Å²) in [7, 11) is 0. The van der Waals surface area contributed by atoms with Gasteiger partial charge in [0.25, 0.3) is 0 Å². The summed E-state index contributed by atoms with van der Waals surface area (Å²) in [4.78, 5) is 18.1. The number of carbonyl (C=O) groups excluding carboxylic acids is 1. The van der Waals surface area contributed by atoms with Crippen LogP contribution in [0.3, 0.4) is 0 Å². The molecule has 0 saturated carbocycles. The Morgan fingerprint density at radius 3 is 2.84 bits per heavy atom. The molecule has 1 fully saturated rings. The number of rotatable bonds is 1. The van der Waals surface area contributed by atoms with E-state index in [2.05, 4.69) is 4.98 Å². The fourth-order valence-corrected chi connectivity index (χ4v) is 2.23. The van der Waals surface area contributed by atoms with Gasteiger partial charge in [-0.05, 0) is 40.5 Å². The van der Waals surface area contributed by atoms with E-state index in [1.165, 1.54) is 0 Å². The lowest BCUT2D eigenvalue weighted by atomic mass is 9.98. The first-order valence-electron chi connectivity index (χ1n) is 6.75. The zero-order chi connectivity index (χ0) is 14.0. The van der Waals surface area contributed by atoms with Crippen LogP contribution in [0.4, 0.5) is 4.79 Å². The van der Waals surface area contributed by atoms with E-state index in [0.717, 1.165) is 31.0 Å². The van der Waals surface area contributed by atoms with Crippen LogP contribution < -0.4 is 0 Å². The van der Waals surface area contributed by atoms with Gasteiger partial charge in [-0.15, -0.1) is 0 Å². The number of nitrogens with zero attached hydrogens (tertiary/aromatic N) is 2. The van der Waals surface area contributed by atoms with Crippen molar-refractivity contribution >= 4 is 6.09 Å². The Hall–Kier alpha value is -1.52. The lowest BCUT2D eigenvalue weighted by molar-refractivity contribution is 0.0190. The Morgan fingerprint density at radius 1 is 1.53 bits per heavy atom. The van der Waals surface area contributed by atoms with Crippen molar-refractivity contribution in [1.29, 1.82) is 0 Å². The number of amides is 1. The summed E-state index contributed by atoms with van der Waals surface area (Å²) >= 11 is 0. The van der Waals surface area contributed by atoms with Gasteiger partial charge in [-0.3, -0.25) is 0 Å². The third-order valence-corrected chi connectivity index (χ3v) is 3.06. The molecule has 19 heavy (non-hydrogen) atoms. The molecule has 0 bridgehead atoms. The third-order valence-electron chi connectivity index (χ3n) is 3.06. The molecule has 1 aliphatic heterocycles. The second-order valence-electron chi connectivity index (χ2n) is 6.07. The van der Waals surface area contributed by atoms with Gasteiger partial charge >= 0.3 is 6.09 Å². The number of carbonyl (C=O) groups is 1. The van der Waals surface area contributed by atoms with E-state index >= 15 is 0 Å². The Kier molecular flexibility index (Phi) is 3.83. The van der Waals surface area contributed by atoms with Crippen LogP contribution >= 0.6 is 0 Å². The monoisotopic (exact) mass is 266 g/mol. The predicted molar refractivity (Wildman–Crippen MR) is 71.0 cm³/mol. The Labute approximate surface area is 113 Å². The van der Waals surface area contributed by atoms with Crippen molar-refractivity contribution in [2.45, 2.75) is 52.1 Å². The molecule has 1 aromatic heterocycles. The first-order chi connectivity index (χ1) is 8.85. The van der Waals surface area contributed by atoms with Gasteiger partial charge in [0.2, 0.25) is 0 Å². The molecule has 0 aromatic carbocycles. The normalized spacial score (nSPS) is 20.4. The molecule has 1 unspecified atom stereocenters. The Bertz CT molecular complexity index is 448. The van der Waals surface area contributed by atoms with E-state index in [4.69, 9.17) is 9.15 Å². The zero-order valence-electron chi connectivity index (χ0n) is 12.1. The molecule has 1 aromatic rings. The van der Waals surface area contributed by atoms with Crippen molar-refractivity contribution in [1.82, 2.24) is 9.88 Å². The molecule has 106 valence electrons. The topological polar surface area (TPSA) is 55.6 Å². The van der Waals surface area contributed by atoms with Crippen LogP contribution in [0, 0.1) is 6.92 Å². The van der Waals surface area contributed by atoms with Gasteiger partial charge in [0.1, 0.15) is 11.4 Å². The fourth-order valence-electron chi connectivity index (χ4n) is 2.23. The molecule has 0 radical (unpaired) electrons. The number of aromatic nitrogens is 1. The summed E-state index contributed by atoms with van der Waals surface area (Å²) < 4.78 is 11.0. The number of hydrogen-bond acceptors (Lipinski definition) is 4. The SMILES string of the molecule is Cc1cnc(C2CCCN(C(=O)OC(C)(C)C)C2)o1. The number of aryl methyl sites for hydroxylation is 1. The molecule has 1 atom stereocenters. The van der Waals surface area contributed by atoms with Crippen molar-refractivity contribution in [3.05, 3.63) is 17.8 Å². The maximum atomic E-state index is 12.0. The second kappa shape index (κ2) is 5.23. The molecule has 5 nitrogen and oxygen atoms in total. The van der Waals surface area contributed by atoms with Gasteiger partial charge in [0.05, 0.1) is 12.1 Å². The minimum atomic E-state index is -0.455. The predicted octanol–water partition coefficient (Wildman–Crippen LogP) is 3.10. The molecule has 1 aliphatic rings. The van der Waals surface area contributed by atoms with Crippen molar-refractivity contribution in [2.24, 2.45) is 0 Å². The van der Waals surface area contributed by atoms with Gasteiger partial charge in [0, 0.05) is 13.1 Å². The van der Waals surface area contributed by atoms with E-state index < -0.39 is 5.60 Å². The summed E-state index contributed by atoms with van der Waals surface area (Å²) in [6, 6.07) is 0. The van der Waals surface area contributed by atoms with Crippen LogP contribution in [0.1, 0.15) is 51.2 Å². The van der Waals surface area contributed by atoms with E-state index in [1.807, 2.05) is 27.7 Å². The number of likely N-dealkylation sites (tertiary alicyclic amines) is 1. The highest BCUT2D eigenvalue weighted by Gasteiger charge is 2.30. The van der Waals surface area contributed by atoms with Gasteiger partial charge in [0.15, 0.2) is 5.89 Å². The summed E-state index contributed by atoms with van der Waals surface area (Å²) in [6.07, 6.45) is 3.42. The standard InChI is InChI=1S/C14H22N2O3/c1-10-8-15-12(18-10)11-6-5-7-16(9-11)13(17)19-14(2,3)4/h8,11H,5-7,9H2,1-4H3. The van der Waals surface area contributed by atoms with Gasteiger partial charge in [-0.25, -0.2) is 9.78 Å². The Morgan fingerprint density at radius 2 is 2.26 bits per heavy atom. The molecule has 1 amide bonds. The summed E-state index contributed by atoms with van der Waals surface area (Å²) in [5.74, 6) is 1.71. The highest BCUT2D eigenvalue weighted by molar-refractivity contribution is 5.68. The molecule has 5 heteroatoms. The average Bonchev–Trinajstić information content (AvgIpc) is 2.74. The highest BCUT2D eigenvalue weighted by Crippen LogP contribution is 2.27. The van der Waals surface area contributed by atoms with Crippen LogP contribution in [-0.2, 0) is 4.74 Å². The zero-order valence-corrected chi connectivity index (χ0v) is 12.1. The van der Waals surface area contributed by atoms with Crippen LogP contribution in [0.2, 0.25) is 0 Å². The maximum Gasteiger partial charge on any atom is 0.410 e. The molecule has 0 N–H and O–H groups in total. The fraction of sp³-hybridized carbons (Fsp3) is 0.714. The molecular formula is C14H22N2O3. The van der Waals surface area contributed by atoms with E-state index in [-0.39, 0.29) is 12.0 Å². The summed E-state index contributed by atoms with van der Waals surface area (Å²) in [5, 5.41) is 0. The number of hydrogen-bond donors (Lipinski definition) is 0. The minimum Gasteiger partial charge on any atom is -0.446 e. The molecule has 0 spiro atoms. The van der Waals surface area contributed by atoms with Gasteiger partial charge in [-0.1, -0.05) is 0 Å². The summed E-state index contributed by atoms with van der Waals surface area (Å²) in [6.45, 7) is 8.88. The maximum absolute atomic E-state index is 12.0. The van der Waals surface area contributed by atoms with Crippen LogP contribution in [0.25, 0.3) is 0 Å². The summed E-state index contributed by atoms with van der Waals surface area (Å²) in [5.41, 5.74) is -0.455. The van der Waals surface area contributed by atoms with Crippen molar-refractivity contribution in [2.75, 3.05) is 13.1 Å². The van der Waals surface area contributed by atoms with Crippen molar-refractivity contribution < 1.29 is 13.9 Å². The minimum absolute atomic E-state index is 0.176. The van der Waals surface area contributed by atoms with Crippen LogP contribution in [0.15, 0.2) is 10.6 Å². The van der Waals surface area contributed by atoms with E-state index in [0.29, 0.717) is 6.54 Å². The molecule has 2 rings (SSSR count). The largest absolute Gasteiger partial charge is 0.446 e. The number of oxazole rings is 1. The molecule has 0 aliphatic carbocycles. The first-order valence-corrected chi connectivity index (χ1v) is 6.75. The molecule has 2 heterocycles. The average molecular weight is 266 g/mol. The second-order valence-corrected chi connectivity index (χ2v) is 6.07. The molecular weight excluding hydrogens is 244 g/mol. The van der Waals surface area contributed by atoms with E-state index in [1.54, 1.807) is 11.1 Å². The lowest BCUT2D eigenvalue weighted by Gasteiger charge is -2.32. The number of ether oxygens (including phenoxy) is 1. The number of piperidine rings is 1.